The number of hydrogen-bond acceptors (Lipinski definition) is 2. The zero-order valence-corrected chi connectivity index (χ0v) is 12.0. The molecule has 0 aromatic heterocycles. The molecule has 0 spiro atoms. The van der Waals surface area contributed by atoms with E-state index in [0.29, 0.717) is 18.1 Å². The minimum atomic E-state index is -0.147. The number of methoxy groups -OCH3 is 1. The molecule has 20 heavy (non-hydrogen) atoms. The van der Waals surface area contributed by atoms with Crippen molar-refractivity contribution in [2.75, 3.05) is 12.4 Å². The maximum Gasteiger partial charge on any atom is 0.255 e. The highest BCUT2D eigenvalue weighted by Crippen LogP contribution is 2.14. The van der Waals surface area contributed by atoms with E-state index in [9.17, 15) is 4.79 Å². The van der Waals surface area contributed by atoms with Crippen LogP contribution in [0.15, 0.2) is 48.5 Å². The minimum absolute atomic E-state index is 0.147. The second kappa shape index (κ2) is 7.08. The Morgan fingerprint density at radius 2 is 1.90 bits per heavy atom. The Labute approximate surface area is 123 Å². The van der Waals surface area contributed by atoms with Crippen LogP contribution < -0.4 is 5.32 Å². The van der Waals surface area contributed by atoms with Crippen LogP contribution >= 0.6 is 11.6 Å². The lowest BCUT2D eigenvalue weighted by Gasteiger charge is -2.08. The number of benzene rings is 2. The molecular weight excluding hydrogens is 274 g/mol. The summed E-state index contributed by atoms with van der Waals surface area (Å²) in [5, 5.41) is 2.87. The Morgan fingerprint density at radius 3 is 2.65 bits per heavy atom. The Morgan fingerprint density at radius 1 is 1.15 bits per heavy atom. The fourth-order valence-corrected chi connectivity index (χ4v) is 2.07. The molecule has 0 saturated heterocycles. The highest BCUT2D eigenvalue weighted by atomic mass is 35.5. The molecule has 4 heteroatoms. The zero-order valence-electron chi connectivity index (χ0n) is 11.2. The largest absolute Gasteiger partial charge is 0.380 e. The quantitative estimate of drug-likeness (QED) is 0.850. The van der Waals surface area contributed by atoms with Gasteiger partial charge in [0.25, 0.3) is 5.91 Å². The maximum absolute atomic E-state index is 12.2. The lowest BCUT2D eigenvalue weighted by atomic mass is 10.1. The number of ether oxygens (including phenoxy) is 1. The lowest BCUT2D eigenvalue weighted by Crippen LogP contribution is -2.12. The van der Waals surface area contributed by atoms with Crippen LogP contribution in [0.1, 0.15) is 21.5 Å². The van der Waals surface area contributed by atoms with Gasteiger partial charge in [-0.15, -0.1) is 11.6 Å². The van der Waals surface area contributed by atoms with E-state index in [1.165, 1.54) is 0 Å². The molecule has 0 atom stereocenters. The first-order chi connectivity index (χ1) is 9.72. The number of carbonyl (C=O) groups is 1. The summed E-state index contributed by atoms with van der Waals surface area (Å²) in [6, 6.07) is 14.9. The summed E-state index contributed by atoms with van der Waals surface area (Å²) in [6.45, 7) is 0.519. The first-order valence-electron chi connectivity index (χ1n) is 6.27. The van der Waals surface area contributed by atoms with E-state index in [2.05, 4.69) is 5.32 Å². The monoisotopic (exact) mass is 289 g/mol. The van der Waals surface area contributed by atoms with Crippen molar-refractivity contribution in [1.29, 1.82) is 0 Å². The molecule has 2 aromatic carbocycles. The van der Waals surface area contributed by atoms with Gasteiger partial charge in [0.2, 0.25) is 0 Å². The van der Waals surface area contributed by atoms with E-state index in [-0.39, 0.29) is 5.91 Å². The molecule has 0 aliphatic carbocycles. The summed E-state index contributed by atoms with van der Waals surface area (Å²) in [6.07, 6.45) is 0. The van der Waals surface area contributed by atoms with Gasteiger partial charge in [0, 0.05) is 24.2 Å². The minimum Gasteiger partial charge on any atom is -0.380 e. The van der Waals surface area contributed by atoms with Gasteiger partial charge in [0.1, 0.15) is 0 Å². The van der Waals surface area contributed by atoms with Crippen LogP contribution in [0.5, 0.6) is 0 Å². The number of amides is 1. The van der Waals surface area contributed by atoms with Gasteiger partial charge in [-0.2, -0.15) is 0 Å². The Kier molecular flexibility index (Phi) is 5.16. The van der Waals surface area contributed by atoms with E-state index >= 15 is 0 Å². The lowest BCUT2D eigenvalue weighted by molar-refractivity contribution is 0.102. The van der Waals surface area contributed by atoms with Crippen molar-refractivity contribution in [3.05, 3.63) is 65.2 Å². The summed E-state index contributed by atoms with van der Waals surface area (Å²) in [5.74, 6) is 0.247. The van der Waals surface area contributed by atoms with Crippen molar-refractivity contribution in [2.45, 2.75) is 12.5 Å². The summed E-state index contributed by atoms with van der Waals surface area (Å²) in [4.78, 5) is 12.2. The van der Waals surface area contributed by atoms with Crippen LogP contribution in [-0.2, 0) is 17.2 Å². The molecule has 0 aliphatic heterocycles. The second-order valence-corrected chi connectivity index (χ2v) is 4.69. The van der Waals surface area contributed by atoms with Crippen molar-refractivity contribution in [3.8, 4) is 0 Å². The molecule has 0 heterocycles. The van der Waals surface area contributed by atoms with Gasteiger partial charge in [0.05, 0.1) is 6.61 Å². The molecule has 0 saturated carbocycles. The van der Waals surface area contributed by atoms with E-state index in [0.717, 1.165) is 16.8 Å². The molecule has 0 radical (unpaired) electrons. The number of anilines is 1. The number of nitrogens with one attached hydrogen (secondary N) is 1. The molecule has 1 N–H and O–H groups in total. The SMILES string of the molecule is COCc1cccc(NC(=O)c2cccc(CCl)c2)c1. The van der Waals surface area contributed by atoms with Crippen LogP contribution in [0, 0.1) is 0 Å². The molecule has 0 bridgehead atoms. The normalized spacial score (nSPS) is 10.3. The molecule has 104 valence electrons. The van der Waals surface area contributed by atoms with Crippen LogP contribution in [0.3, 0.4) is 0 Å². The van der Waals surface area contributed by atoms with Gasteiger partial charge >= 0.3 is 0 Å². The predicted molar refractivity (Wildman–Crippen MR) is 81.1 cm³/mol. The zero-order chi connectivity index (χ0) is 14.4. The van der Waals surface area contributed by atoms with Gasteiger partial charge in [0.15, 0.2) is 0 Å². The summed E-state index contributed by atoms with van der Waals surface area (Å²) >= 11 is 5.77. The smallest absolute Gasteiger partial charge is 0.255 e. The average Bonchev–Trinajstić information content (AvgIpc) is 2.48. The van der Waals surface area contributed by atoms with E-state index in [4.69, 9.17) is 16.3 Å². The summed E-state index contributed by atoms with van der Waals surface area (Å²) < 4.78 is 5.08. The highest BCUT2D eigenvalue weighted by molar-refractivity contribution is 6.17. The predicted octanol–water partition coefficient (Wildman–Crippen LogP) is 3.82. The van der Waals surface area contributed by atoms with Crippen LogP contribution in [-0.4, -0.2) is 13.0 Å². The fraction of sp³-hybridized carbons (Fsp3) is 0.188. The number of alkyl halides is 1. The Hall–Kier alpha value is -1.84. The average molecular weight is 290 g/mol. The topological polar surface area (TPSA) is 38.3 Å². The Balaban J connectivity index is 2.12. The van der Waals surface area contributed by atoms with Crippen molar-refractivity contribution >= 4 is 23.2 Å². The van der Waals surface area contributed by atoms with Crippen molar-refractivity contribution in [3.63, 3.8) is 0 Å². The van der Waals surface area contributed by atoms with Gasteiger partial charge in [-0.3, -0.25) is 4.79 Å². The molecular formula is C16H16ClNO2. The first-order valence-corrected chi connectivity index (χ1v) is 6.80. The number of rotatable bonds is 5. The van der Waals surface area contributed by atoms with Crippen molar-refractivity contribution in [2.24, 2.45) is 0 Å². The summed E-state index contributed by atoms with van der Waals surface area (Å²) in [5.41, 5.74) is 3.29. The standard InChI is InChI=1S/C16H16ClNO2/c1-20-11-13-5-3-7-15(9-13)18-16(19)14-6-2-4-12(8-14)10-17/h2-9H,10-11H2,1H3,(H,18,19). The second-order valence-electron chi connectivity index (χ2n) is 4.42. The van der Waals surface area contributed by atoms with Crippen LogP contribution in [0.2, 0.25) is 0 Å². The van der Waals surface area contributed by atoms with Crippen LogP contribution in [0.4, 0.5) is 5.69 Å². The molecule has 0 unspecified atom stereocenters. The third-order valence-electron chi connectivity index (χ3n) is 2.84. The number of carbonyl (C=O) groups excluding carboxylic acids is 1. The number of hydrogen-bond donors (Lipinski definition) is 1. The highest BCUT2D eigenvalue weighted by Gasteiger charge is 2.07. The third kappa shape index (κ3) is 3.83. The van der Waals surface area contributed by atoms with E-state index < -0.39 is 0 Å². The van der Waals surface area contributed by atoms with Crippen molar-refractivity contribution < 1.29 is 9.53 Å². The molecule has 2 rings (SSSR count). The van der Waals surface area contributed by atoms with E-state index in [1.807, 2.05) is 36.4 Å². The van der Waals surface area contributed by atoms with Gasteiger partial charge in [-0.1, -0.05) is 24.3 Å². The van der Waals surface area contributed by atoms with Crippen LogP contribution in [0.25, 0.3) is 0 Å². The third-order valence-corrected chi connectivity index (χ3v) is 3.15. The van der Waals surface area contributed by atoms with Gasteiger partial charge in [-0.05, 0) is 35.4 Å². The summed E-state index contributed by atoms with van der Waals surface area (Å²) in [7, 11) is 1.64. The molecule has 2 aromatic rings. The first kappa shape index (κ1) is 14.6. The maximum atomic E-state index is 12.2. The Bertz CT molecular complexity index is 599. The molecule has 1 amide bonds. The molecule has 0 aliphatic rings. The number of halogens is 1. The molecule has 3 nitrogen and oxygen atoms in total. The van der Waals surface area contributed by atoms with E-state index in [1.54, 1.807) is 19.2 Å². The molecule has 0 fully saturated rings. The van der Waals surface area contributed by atoms with Gasteiger partial charge in [-0.25, -0.2) is 0 Å². The van der Waals surface area contributed by atoms with Gasteiger partial charge < -0.3 is 10.1 Å². The van der Waals surface area contributed by atoms with Crippen molar-refractivity contribution in [1.82, 2.24) is 0 Å². The fourth-order valence-electron chi connectivity index (χ4n) is 1.90.